The van der Waals surface area contributed by atoms with Gasteiger partial charge >= 0.3 is 0 Å². The molecule has 2 aliphatic rings. The van der Waals surface area contributed by atoms with Crippen molar-refractivity contribution >= 4 is 17.7 Å². The highest BCUT2D eigenvalue weighted by Gasteiger charge is 2.32. The number of hydrogen-bond donors (Lipinski definition) is 3. The van der Waals surface area contributed by atoms with Crippen molar-refractivity contribution in [3.63, 3.8) is 0 Å². The number of rotatable bonds is 6. The van der Waals surface area contributed by atoms with E-state index in [1.807, 2.05) is 26.4 Å². The molecule has 144 valence electrons. The summed E-state index contributed by atoms with van der Waals surface area (Å²) in [5.41, 5.74) is 1.80. The maximum absolute atomic E-state index is 11.9. The van der Waals surface area contributed by atoms with Crippen LogP contribution in [0.4, 0.5) is 11.8 Å². The lowest BCUT2D eigenvalue weighted by Gasteiger charge is -2.29. The third-order valence-electron chi connectivity index (χ3n) is 5.46. The molecule has 8 heteroatoms. The fourth-order valence-electron chi connectivity index (χ4n) is 3.73. The van der Waals surface area contributed by atoms with Crippen molar-refractivity contribution in [3.8, 4) is 11.3 Å². The molecule has 8 nitrogen and oxygen atoms in total. The van der Waals surface area contributed by atoms with E-state index in [-0.39, 0.29) is 11.8 Å². The fourth-order valence-corrected chi connectivity index (χ4v) is 3.73. The van der Waals surface area contributed by atoms with E-state index >= 15 is 0 Å². The molecule has 0 spiro atoms. The van der Waals surface area contributed by atoms with Gasteiger partial charge in [-0.3, -0.25) is 9.48 Å². The third-order valence-corrected chi connectivity index (χ3v) is 5.46. The van der Waals surface area contributed by atoms with Crippen molar-refractivity contribution in [2.45, 2.75) is 50.6 Å². The second kappa shape index (κ2) is 7.54. The molecule has 1 amide bonds. The first-order valence-electron chi connectivity index (χ1n) is 9.74. The largest absolute Gasteiger partial charge is 0.373 e. The summed E-state index contributed by atoms with van der Waals surface area (Å²) in [4.78, 5) is 21.0. The van der Waals surface area contributed by atoms with Crippen LogP contribution in [0.1, 0.15) is 38.5 Å². The lowest BCUT2D eigenvalue weighted by Crippen LogP contribution is -2.40. The Hall–Kier alpha value is -2.64. The normalized spacial score (nSPS) is 22.3. The minimum absolute atomic E-state index is 0.249. The van der Waals surface area contributed by atoms with Gasteiger partial charge in [0.25, 0.3) is 0 Å². The van der Waals surface area contributed by atoms with E-state index in [9.17, 15) is 4.79 Å². The maximum atomic E-state index is 11.9. The van der Waals surface area contributed by atoms with Crippen molar-refractivity contribution in [1.29, 1.82) is 0 Å². The molecule has 0 saturated heterocycles. The zero-order valence-corrected chi connectivity index (χ0v) is 15.9. The number of carbonyl (C=O) groups excluding carboxylic acids is 1. The lowest BCUT2D eigenvalue weighted by molar-refractivity contribution is -0.123. The number of amides is 1. The molecule has 0 aromatic carbocycles. The summed E-state index contributed by atoms with van der Waals surface area (Å²) in [7, 11) is 3.78. The van der Waals surface area contributed by atoms with Crippen LogP contribution in [0.25, 0.3) is 11.3 Å². The molecule has 2 saturated carbocycles. The van der Waals surface area contributed by atoms with Crippen molar-refractivity contribution in [2.75, 3.05) is 17.7 Å². The number of anilines is 2. The molecule has 2 fully saturated rings. The van der Waals surface area contributed by atoms with Gasteiger partial charge in [0, 0.05) is 38.3 Å². The number of hydrogen-bond acceptors (Lipinski definition) is 6. The van der Waals surface area contributed by atoms with Gasteiger partial charge < -0.3 is 16.0 Å². The van der Waals surface area contributed by atoms with Crippen LogP contribution in [0.15, 0.2) is 18.5 Å². The van der Waals surface area contributed by atoms with Crippen molar-refractivity contribution < 1.29 is 4.79 Å². The fraction of sp³-hybridized carbons (Fsp3) is 0.579. The highest BCUT2D eigenvalue weighted by molar-refractivity contribution is 5.81. The Bertz CT molecular complexity index is 806. The van der Waals surface area contributed by atoms with E-state index < -0.39 is 0 Å². The van der Waals surface area contributed by atoms with Gasteiger partial charge in [-0.25, -0.2) is 9.97 Å². The molecule has 2 heterocycles. The van der Waals surface area contributed by atoms with Crippen LogP contribution in [0.5, 0.6) is 0 Å². The average molecular weight is 369 g/mol. The average Bonchev–Trinajstić information content (AvgIpc) is 3.46. The topological polar surface area (TPSA) is 96.8 Å². The van der Waals surface area contributed by atoms with Crippen molar-refractivity contribution in [2.24, 2.45) is 13.0 Å². The third kappa shape index (κ3) is 4.04. The first-order chi connectivity index (χ1) is 13.1. The van der Waals surface area contributed by atoms with Gasteiger partial charge in [-0.1, -0.05) is 0 Å². The van der Waals surface area contributed by atoms with E-state index in [1.54, 1.807) is 10.9 Å². The first kappa shape index (κ1) is 17.8. The number of aryl methyl sites for hydroxylation is 1. The van der Waals surface area contributed by atoms with Crippen LogP contribution < -0.4 is 16.0 Å². The standard InChI is InChI=1S/C19H27N7O/c1-20-17-15(11-22-26(17)2)16-9-10-21-19(25-16)24-14-7-5-13(6-8-14)23-18(27)12-3-4-12/h9-14,20H,3-8H2,1-2H3,(H,23,27)(H,21,24,25)/t13-,14-. The Kier molecular flexibility index (Phi) is 4.96. The van der Waals surface area contributed by atoms with Gasteiger partial charge in [0.1, 0.15) is 5.82 Å². The second-order valence-corrected chi connectivity index (χ2v) is 7.52. The van der Waals surface area contributed by atoms with E-state index in [4.69, 9.17) is 0 Å². The molecule has 2 aliphatic carbocycles. The molecule has 0 aliphatic heterocycles. The minimum Gasteiger partial charge on any atom is -0.373 e. The molecule has 0 atom stereocenters. The van der Waals surface area contributed by atoms with Crippen LogP contribution in [0, 0.1) is 5.92 Å². The quantitative estimate of drug-likeness (QED) is 0.722. The molecule has 0 bridgehead atoms. The number of aromatic nitrogens is 4. The van der Waals surface area contributed by atoms with Crippen LogP contribution in [0.2, 0.25) is 0 Å². The summed E-state index contributed by atoms with van der Waals surface area (Å²) >= 11 is 0. The second-order valence-electron chi connectivity index (χ2n) is 7.52. The van der Waals surface area contributed by atoms with Crippen LogP contribution >= 0.6 is 0 Å². The Balaban J connectivity index is 1.35. The Labute approximate surface area is 159 Å². The van der Waals surface area contributed by atoms with Crippen LogP contribution in [-0.4, -0.2) is 44.8 Å². The summed E-state index contributed by atoms with van der Waals surface area (Å²) in [6.45, 7) is 0. The van der Waals surface area contributed by atoms with E-state index in [1.165, 1.54) is 0 Å². The smallest absolute Gasteiger partial charge is 0.223 e. The number of nitrogens with zero attached hydrogens (tertiary/aromatic N) is 4. The molecule has 0 radical (unpaired) electrons. The molecule has 2 aromatic rings. The highest BCUT2D eigenvalue weighted by Crippen LogP contribution is 2.30. The van der Waals surface area contributed by atoms with Gasteiger partial charge in [0.05, 0.1) is 17.5 Å². The minimum atomic E-state index is 0.249. The van der Waals surface area contributed by atoms with E-state index in [2.05, 4.69) is 31.0 Å². The first-order valence-corrected chi connectivity index (χ1v) is 9.74. The monoisotopic (exact) mass is 369 g/mol. The molecular weight excluding hydrogens is 342 g/mol. The molecule has 0 unspecified atom stereocenters. The summed E-state index contributed by atoms with van der Waals surface area (Å²) < 4.78 is 1.79. The Morgan fingerprint density at radius 3 is 2.59 bits per heavy atom. The Morgan fingerprint density at radius 2 is 1.89 bits per heavy atom. The highest BCUT2D eigenvalue weighted by atomic mass is 16.2. The molecule has 2 aromatic heterocycles. The van der Waals surface area contributed by atoms with Gasteiger partial charge in [0.15, 0.2) is 0 Å². The lowest BCUT2D eigenvalue weighted by atomic mass is 9.91. The SMILES string of the molecule is CNc1c(-c2ccnc(N[C@H]3CC[C@H](NC(=O)C4CC4)CC3)n2)cnn1C. The summed E-state index contributed by atoms with van der Waals surface area (Å²) in [5.74, 6) is 2.10. The number of nitrogens with one attached hydrogen (secondary N) is 3. The van der Waals surface area contributed by atoms with Crippen molar-refractivity contribution in [3.05, 3.63) is 18.5 Å². The summed E-state index contributed by atoms with van der Waals surface area (Å²) in [5, 5.41) is 14.1. The van der Waals surface area contributed by atoms with Crippen LogP contribution in [-0.2, 0) is 11.8 Å². The number of carbonyl (C=O) groups is 1. The summed E-state index contributed by atoms with van der Waals surface area (Å²) in [6.07, 6.45) is 9.73. The van der Waals surface area contributed by atoms with Gasteiger partial charge in [-0.15, -0.1) is 0 Å². The van der Waals surface area contributed by atoms with Gasteiger partial charge in [-0.05, 0) is 44.6 Å². The predicted octanol–water partition coefficient (Wildman–Crippen LogP) is 2.17. The molecular formula is C19H27N7O. The van der Waals surface area contributed by atoms with Gasteiger partial charge in [0.2, 0.25) is 11.9 Å². The zero-order valence-electron chi connectivity index (χ0n) is 15.9. The molecule has 4 rings (SSSR count). The maximum Gasteiger partial charge on any atom is 0.223 e. The van der Waals surface area contributed by atoms with Crippen LogP contribution in [0.3, 0.4) is 0 Å². The molecule has 27 heavy (non-hydrogen) atoms. The van der Waals surface area contributed by atoms with Gasteiger partial charge in [-0.2, -0.15) is 5.10 Å². The molecule has 3 N–H and O–H groups in total. The van der Waals surface area contributed by atoms with E-state index in [0.29, 0.717) is 18.0 Å². The van der Waals surface area contributed by atoms with Crippen molar-refractivity contribution in [1.82, 2.24) is 25.1 Å². The summed E-state index contributed by atoms with van der Waals surface area (Å²) in [6, 6.07) is 2.55. The van der Waals surface area contributed by atoms with E-state index in [0.717, 1.165) is 55.6 Å². The predicted molar refractivity (Wildman–Crippen MR) is 104 cm³/mol. The Morgan fingerprint density at radius 1 is 1.15 bits per heavy atom. The zero-order chi connectivity index (χ0) is 18.8.